The summed E-state index contributed by atoms with van der Waals surface area (Å²) in [6.45, 7) is 0.978. The number of ether oxygens (including phenoxy) is 4. The van der Waals surface area contributed by atoms with Gasteiger partial charge in [0, 0.05) is 24.7 Å². The maximum Gasteiger partial charge on any atom is 0.258 e. The summed E-state index contributed by atoms with van der Waals surface area (Å²) in [5, 5.41) is 2.98. The van der Waals surface area contributed by atoms with Gasteiger partial charge in [0.05, 0.1) is 27.4 Å². The van der Waals surface area contributed by atoms with E-state index in [1.165, 1.54) is 29.6 Å². The molecule has 2 aromatic rings. The highest BCUT2D eigenvalue weighted by atomic mass is 35.5. The molecule has 0 aliphatic carbocycles. The number of benzene rings is 2. The smallest absolute Gasteiger partial charge is 0.258 e. The van der Waals surface area contributed by atoms with Crippen molar-refractivity contribution in [3.63, 3.8) is 0 Å². The summed E-state index contributed by atoms with van der Waals surface area (Å²) in [6, 6.07) is 9.57. The van der Waals surface area contributed by atoms with Crippen molar-refractivity contribution in [2.24, 2.45) is 0 Å². The number of hydrogen-bond donors (Lipinski definition) is 1. The lowest BCUT2D eigenvalue weighted by Gasteiger charge is -2.26. The quantitative estimate of drug-likeness (QED) is 0.581. The van der Waals surface area contributed by atoms with Crippen molar-refractivity contribution in [3.05, 3.63) is 47.0 Å². The average Bonchev–Trinajstić information content (AvgIpc) is 2.82. The first-order chi connectivity index (χ1) is 15.3. The fourth-order valence-corrected chi connectivity index (χ4v) is 4.92. The number of carbonyl (C=O) groups excluding carboxylic acids is 1. The zero-order chi connectivity index (χ0) is 23.1. The molecule has 0 aromatic heterocycles. The lowest BCUT2D eigenvalue weighted by atomic mass is 10.2. The molecule has 1 aliphatic heterocycles. The lowest BCUT2D eigenvalue weighted by molar-refractivity contribution is -0.123. The van der Waals surface area contributed by atoms with Gasteiger partial charge in [0.2, 0.25) is 10.0 Å². The average molecular weight is 485 g/mol. The highest BCUT2D eigenvalue weighted by molar-refractivity contribution is 7.89. The standard InChI is InChI=1S/C21H25ClN2O7S/c1-28-17-5-3-15(11-19(17)29-2)13-23-21(25)14-31-18-6-4-16(22)12-20(18)32(26,27)24-7-9-30-10-8-24/h3-6,11-12H,7-10,13-14H2,1-2H3,(H,23,25). The SMILES string of the molecule is COc1ccc(CNC(=O)COc2ccc(Cl)cc2S(=O)(=O)N2CCOCC2)cc1OC. The molecule has 1 aliphatic rings. The van der Waals surface area contributed by atoms with E-state index >= 15 is 0 Å². The molecule has 1 amide bonds. The number of sulfonamides is 1. The van der Waals surface area contributed by atoms with E-state index in [-0.39, 0.29) is 41.9 Å². The zero-order valence-corrected chi connectivity index (χ0v) is 19.4. The van der Waals surface area contributed by atoms with Gasteiger partial charge in [0.25, 0.3) is 5.91 Å². The Kier molecular flexibility index (Phi) is 8.19. The molecular formula is C21H25ClN2O7S. The molecule has 9 nitrogen and oxygen atoms in total. The lowest BCUT2D eigenvalue weighted by Crippen LogP contribution is -2.40. The second kappa shape index (κ2) is 10.9. The summed E-state index contributed by atoms with van der Waals surface area (Å²) in [5.41, 5.74) is 0.804. The molecule has 1 saturated heterocycles. The fourth-order valence-electron chi connectivity index (χ4n) is 3.11. The van der Waals surface area contributed by atoms with Gasteiger partial charge in [-0.3, -0.25) is 4.79 Å². The van der Waals surface area contributed by atoms with Gasteiger partial charge in [0.1, 0.15) is 10.6 Å². The van der Waals surface area contributed by atoms with Crippen molar-refractivity contribution < 1.29 is 32.2 Å². The summed E-state index contributed by atoms with van der Waals surface area (Å²) >= 11 is 6.03. The number of methoxy groups -OCH3 is 2. The van der Waals surface area contributed by atoms with Crippen molar-refractivity contribution in [3.8, 4) is 17.2 Å². The van der Waals surface area contributed by atoms with Gasteiger partial charge in [0.15, 0.2) is 18.1 Å². The number of halogens is 1. The van der Waals surface area contributed by atoms with Crippen molar-refractivity contribution in [2.75, 3.05) is 47.1 Å². The van der Waals surface area contributed by atoms with E-state index in [2.05, 4.69) is 5.32 Å². The predicted octanol–water partition coefficient (Wildman–Crippen LogP) is 2.07. The molecular weight excluding hydrogens is 460 g/mol. The Morgan fingerprint density at radius 2 is 1.75 bits per heavy atom. The molecule has 0 bridgehead atoms. The molecule has 174 valence electrons. The molecule has 0 spiro atoms. The second-order valence-electron chi connectivity index (χ2n) is 6.86. The molecule has 0 saturated carbocycles. The van der Waals surface area contributed by atoms with Crippen LogP contribution in [0.4, 0.5) is 0 Å². The van der Waals surface area contributed by atoms with Gasteiger partial charge >= 0.3 is 0 Å². The van der Waals surface area contributed by atoms with E-state index in [0.29, 0.717) is 24.7 Å². The summed E-state index contributed by atoms with van der Waals surface area (Å²) < 4.78 is 48.6. The largest absolute Gasteiger partial charge is 0.493 e. The van der Waals surface area contributed by atoms with Crippen molar-refractivity contribution in [1.82, 2.24) is 9.62 Å². The van der Waals surface area contributed by atoms with Crippen LogP contribution >= 0.6 is 11.6 Å². The first-order valence-electron chi connectivity index (χ1n) is 9.83. The summed E-state index contributed by atoms with van der Waals surface area (Å²) in [5.74, 6) is 0.781. The van der Waals surface area contributed by atoms with E-state index in [1.54, 1.807) is 25.3 Å². The van der Waals surface area contributed by atoms with Crippen LogP contribution in [0.3, 0.4) is 0 Å². The minimum absolute atomic E-state index is 0.0576. The number of hydrogen-bond acceptors (Lipinski definition) is 7. The number of amides is 1. The van der Waals surface area contributed by atoms with E-state index in [1.807, 2.05) is 0 Å². The molecule has 0 atom stereocenters. The van der Waals surface area contributed by atoms with Gasteiger partial charge < -0.3 is 24.3 Å². The van der Waals surface area contributed by atoms with Gasteiger partial charge in [-0.25, -0.2) is 8.42 Å². The van der Waals surface area contributed by atoms with Crippen LogP contribution in [-0.2, 0) is 26.1 Å². The topological polar surface area (TPSA) is 103 Å². The van der Waals surface area contributed by atoms with E-state index < -0.39 is 15.9 Å². The fraction of sp³-hybridized carbons (Fsp3) is 0.381. The first kappa shape index (κ1) is 24.1. The Morgan fingerprint density at radius 1 is 1.06 bits per heavy atom. The number of nitrogens with zero attached hydrogens (tertiary/aromatic N) is 1. The van der Waals surface area contributed by atoms with Gasteiger partial charge in [-0.2, -0.15) is 4.31 Å². The third kappa shape index (κ3) is 5.83. The van der Waals surface area contributed by atoms with Crippen molar-refractivity contribution >= 4 is 27.5 Å². The Hall–Kier alpha value is -2.53. The molecule has 3 rings (SSSR count). The maximum absolute atomic E-state index is 13.0. The highest BCUT2D eigenvalue weighted by Gasteiger charge is 2.29. The minimum Gasteiger partial charge on any atom is -0.493 e. The second-order valence-corrected chi connectivity index (χ2v) is 9.21. The van der Waals surface area contributed by atoms with Crippen molar-refractivity contribution in [1.29, 1.82) is 0 Å². The molecule has 0 radical (unpaired) electrons. The van der Waals surface area contributed by atoms with Crippen LogP contribution in [0.5, 0.6) is 17.2 Å². The number of carbonyl (C=O) groups is 1. The van der Waals surface area contributed by atoms with Crippen LogP contribution < -0.4 is 19.5 Å². The van der Waals surface area contributed by atoms with E-state index in [4.69, 9.17) is 30.5 Å². The van der Waals surface area contributed by atoms with E-state index in [9.17, 15) is 13.2 Å². The summed E-state index contributed by atoms with van der Waals surface area (Å²) in [6.07, 6.45) is 0. The van der Waals surface area contributed by atoms with Crippen LogP contribution in [0.15, 0.2) is 41.3 Å². The van der Waals surface area contributed by atoms with Gasteiger partial charge in [-0.1, -0.05) is 17.7 Å². The van der Waals surface area contributed by atoms with Crippen LogP contribution in [0.2, 0.25) is 5.02 Å². The van der Waals surface area contributed by atoms with Crippen molar-refractivity contribution in [2.45, 2.75) is 11.4 Å². The summed E-state index contributed by atoms with van der Waals surface area (Å²) in [4.78, 5) is 12.2. The third-order valence-corrected chi connectivity index (χ3v) is 6.94. The first-order valence-corrected chi connectivity index (χ1v) is 11.6. The van der Waals surface area contributed by atoms with Crippen LogP contribution in [0.25, 0.3) is 0 Å². The maximum atomic E-state index is 13.0. The number of morpholine rings is 1. The molecule has 11 heteroatoms. The Labute approximate surface area is 192 Å². The molecule has 0 unspecified atom stereocenters. The highest BCUT2D eigenvalue weighted by Crippen LogP contribution is 2.30. The van der Waals surface area contributed by atoms with Gasteiger partial charge in [-0.05, 0) is 35.9 Å². The molecule has 32 heavy (non-hydrogen) atoms. The normalized spacial score (nSPS) is 14.6. The molecule has 1 fully saturated rings. The molecule has 1 N–H and O–H groups in total. The van der Waals surface area contributed by atoms with Crippen LogP contribution in [0, 0.1) is 0 Å². The minimum atomic E-state index is -3.85. The molecule has 1 heterocycles. The molecule has 2 aromatic carbocycles. The zero-order valence-electron chi connectivity index (χ0n) is 17.8. The monoisotopic (exact) mass is 484 g/mol. The number of nitrogens with one attached hydrogen (secondary N) is 1. The van der Waals surface area contributed by atoms with Crippen LogP contribution in [0.1, 0.15) is 5.56 Å². The van der Waals surface area contributed by atoms with E-state index in [0.717, 1.165) is 5.56 Å². The number of rotatable bonds is 9. The van der Waals surface area contributed by atoms with Gasteiger partial charge in [-0.15, -0.1) is 0 Å². The Balaban J connectivity index is 1.65. The van der Waals surface area contributed by atoms with Crippen LogP contribution in [-0.4, -0.2) is 65.8 Å². The Bertz CT molecular complexity index is 1060. The Morgan fingerprint density at radius 3 is 2.44 bits per heavy atom. The third-order valence-electron chi connectivity index (χ3n) is 4.79. The summed E-state index contributed by atoms with van der Waals surface area (Å²) in [7, 11) is -0.773. The predicted molar refractivity (Wildman–Crippen MR) is 118 cm³/mol.